The standard InChI is InChI=1S/C22H22ClN3O4/c23-17-8-4-16(5-9-17)22-25-21(26-30-22)15-6-10-18(11-7-15)29-14-20(27)24-13-19-3-1-2-12-28-19/h4-11,19H,1-3,12-14H2,(H,24,27). The minimum Gasteiger partial charge on any atom is -0.484 e. The highest BCUT2D eigenvalue weighted by Gasteiger charge is 2.15. The summed E-state index contributed by atoms with van der Waals surface area (Å²) in [5.41, 5.74) is 1.58. The number of halogens is 1. The molecular formula is C22H22ClN3O4. The summed E-state index contributed by atoms with van der Waals surface area (Å²) in [7, 11) is 0. The molecule has 3 aromatic rings. The molecule has 0 radical (unpaired) electrons. The summed E-state index contributed by atoms with van der Waals surface area (Å²) in [6, 6.07) is 14.4. The van der Waals surface area contributed by atoms with Crippen LogP contribution in [0.5, 0.6) is 5.75 Å². The molecule has 0 saturated carbocycles. The summed E-state index contributed by atoms with van der Waals surface area (Å²) in [4.78, 5) is 16.4. The predicted molar refractivity (Wildman–Crippen MR) is 112 cm³/mol. The molecular weight excluding hydrogens is 406 g/mol. The monoisotopic (exact) mass is 427 g/mol. The van der Waals surface area contributed by atoms with Crippen molar-refractivity contribution in [2.24, 2.45) is 0 Å². The second kappa shape index (κ2) is 9.73. The van der Waals surface area contributed by atoms with Crippen LogP contribution in [0.15, 0.2) is 53.1 Å². The minimum absolute atomic E-state index is 0.0466. The van der Waals surface area contributed by atoms with Gasteiger partial charge in [0, 0.05) is 29.3 Å². The number of nitrogens with one attached hydrogen (secondary N) is 1. The Bertz CT molecular complexity index is 967. The maximum atomic E-state index is 12.0. The van der Waals surface area contributed by atoms with Crippen LogP contribution >= 0.6 is 11.6 Å². The van der Waals surface area contributed by atoms with Crippen LogP contribution in [0.1, 0.15) is 19.3 Å². The van der Waals surface area contributed by atoms with Crippen molar-refractivity contribution in [1.29, 1.82) is 0 Å². The van der Waals surface area contributed by atoms with Gasteiger partial charge in [-0.3, -0.25) is 4.79 Å². The predicted octanol–water partition coefficient (Wildman–Crippen LogP) is 4.12. The van der Waals surface area contributed by atoms with E-state index in [0.29, 0.717) is 29.0 Å². The van der Waals surface area contributed by atoms with Gasteiger partial charge in [-0.2, -0.15) is 4.98 Å². The van der Waals surface area contributed by atoms with Gasteiger partial charge in [0.1, 0.15) is 5.75 Å². The highest BCUT2D eigenvalue weighted by atomic mass is 35.5. The molecule has 1 aromatic heterocycles. The van der Waals surface area contributed by atoms with Gasteiger partial charge in [0.25, 0.3) is 11.8 Å². The van der Waals surface area contributed by atoms with Gasteiger partial charge in [-0.05, 0) is 67.8 Å². The highest BCUT2D eigenvalue weighted by molar-refractivity contribution is 6.30. The van der Waals surface area contributed by atoms with Crippen molar-refractivity contribution in [3.63, 3.8) is 0 Å². The van der Waals surface area contributed by atoms with Crippen molar-refractivity contribution < 1.29 is 18.8 Å². The number of ether oxygens (including phenoxy) is 2. The van der Waals surface area contributed by atoms with E-state index in [1.165, 1.54) is 0 Å². The fourth-order valence-electron chi connectivity index (χ4n) is 3.15. The molecule has 0 spiro atoms. The lowest BCUT2D eigenvalue weighted by Crippen LogP contribution is -2.37. The fourth-order valence-corrected chi connectivity index (χ4v) is 3.27. The average molecular weight is 428 g/mol. The summed E-state index contributed by atoms with van der Waals surface area (Å²) in [6.07, 6.45) is 3.33. The molecule has 1 aliphatic heterocycles. The number of carbonyl (C=O) groups excluding carboxylic acids is 1. The number of hydrogen-bond donors (Lipinski definition) is 1. The van der Waals surface area contributed by atoms with Gasteiger partial charge in [-0.25, -0.2) is 0 Å². The highest BCUT2D eigenvalue weighted by Crippen LogP contribution is 2.24. The van der Waals surface area contributed by atoms with E-state index in [1.54, 1.807) is 24.3 Å². The first kappa shape index (κ1) is 20.4. The Labute approximate surface area is 179 Å². The lowest BCUT2D eigenvalue weighted by Gasteiger charge is -2.22. The van der Waals surface area contributed by atoms with Crippen LogP contribution in [0.3, 0.4) is 0 Å². The molecule has 1 saturated heterocycles. The third-order valence-electron chi connectivity index (χ3n) is 4.80. The SMILES string of the molecule is O=C(COc1ccc(-c2noc(-c3ccc(Cl)cc3)n2)cc1)NCC1CCCCO1. The lowest BCUT2D eigenvalue weighted by atomic mass is 10.1. The minimum atomic E-state index is -0.168. The molecule has 1 amide bonds. The second-order valence-electron chi connectivity index (χ2n) is 7.04. The van der Waals surface area contributed by atoms with E-state index < -0.39 is 0 Å². The number of rotatable bonds is 7. The zero-order chi connectivity index (χ0) is 20.8. The van der Waals surface area contributed by atoms with E-state index >= 15 is 0 Å². The number of benzene rings is 2. The third-order valence-corrected chi connectivity index (χ3v) is 5.05. The Morgan fingerprint density at radius 2 is 1.87 bits per heavy atom. The van der Waals surface area contributed by atoms with Gasteiger partial charge < -0.3 is 19.3 Å². The molecule has 0 bridgehead atoms. The Morgan fingerprint density at radius 1 is 1.10 bits per heavy atom. The normalized spacial score (nSPS) is 16.2. The Balaban J connectivity index is 1.28. The van der Waals surface area contributed by atoms with Crippen molar-refractivity contribution in [3.8, 4) is 28.6 Å². The van der Waals surface area contributed by atoms with Crippen LogP contribution in [0.4, 0.5) is 0 Å². The van der Waals surface area contributed by atoms with E-state index in [1.807, 2.05) is 24.3 Å². The number of aromatic nitrogens is 2. The Morgan fingerprint density at radius 3 is 2.60 bits per heavy atom. The van der Waals surface area contributed by atoms with E-state index in [-0.39, 0.29) is 18.6 Å². The smallest absolute Gasteiger partial charge is 0.258 e. The van der Waals surface area contributed by atoms with Crippen LogP contribution in [0, 0.1) is 0 Å². The lowest BCUT2D eigenvalue weighted by molar-refractivity contribution is -0.124. The van der Waals surface area contributed by atoms with Gasteiger partial charge >= 0.3 is 0 Å². The maximum Gasteiger partial charge on any atom is 0.258 e. The van der Waals surface area contributed by atoms with Crippen LogP contribution < -0.4 is 10.1 Å². The first-order chi connectivity index (χ1) is 14.7. The summed E-state index contributed by atoms with van der Waals surface area (Å²) < 4.78 is 16.5. The molecule has 0 aliphatic carbocycles. The van der Waals surface area contributed by atoms with Crippen molar-refractivity contribution in [3.05, 3.63) is 53.6 Å². The van der Waals surface area contributed by atoms with Gasteiger partial charge in [0.15, 0.2) is 6.61 Å². The molecule has 1 aliphatic rings. The maximum absolute atomic E-state index is 12.0. The van der Waals surface area contributed by atoms with Crippen molar-refractivity contribution in [1.82, 2.24) is 15.5 Å². The quantitative estimate of drug-likeness (QED) is 0.610. The number of carbonyl (C=O) groups is 1. The molecule has 30 heavy (non-hydrogen) atoms. The zero-order valence-corrected chi connectivity index (χ0v) is 17.1. The van der Waals surface area contributed by atoms with Crippen molar-refractivity contribution in [2.75, 3.05) is 19.8 Å². The molecule has 8 heteroatoms. The topological polar surface area (TPSA) is 86.5 Å². The van der Waals surface area contributed by atoms with Crippen LogP contribution in [0.2, 0.25) is 5.02 Å². The van der Waals surface area contributed by atoms with E-state index in [2.05, 4.69) is 15.5 Å². The fraction of sp³-hybridized carbons (Fsp3) is 0.318. The van der Waals surface area contributed by atoms with Gasteiger partial charge in [-0.1, -0.05) is 16.8 Å². The molecule has 156 valence electrons. The van der Waals surface area contributed by atoms with Gasteiger partial charge in [-0.15, -0.1) is 0 Å². The van der Waals surface area contributed by atoms with E-state index in [9.17, 15) is 4.79 Å². The zero-order valence-electron chi connectivity index (χ0n) is 16.3. The third kappa shape index (κ3) is 5.37. The molecule has 2 heterocycles. The van der Waals surface area contributed by atoms with E-state index in [4.69, 9.17) is 25.6 Å². The molecule has 1 N–H and O–H groups in total. The molecule has 1 atom stereocenters. The summed E-state index contributed by atoms with van der Waals surface area (Å²) in [6.45, 7) is 1.24. The van der Waals surface area contributed by atoms with Gasteiger partial charge in [0.2, 0.25) is 5.82 Å². The van der Waals surface area contributed by atoms with Crippen LogP contribution in [-0.2, 0) is 9.53 Å². The number of nitrogens with zero attached hydrogens (tertiary/aromatic N) is 2. The van der Waals surface area contributed by atoms with Gasteiger partial charge in [0.05, 0.1) is 6.10 Å². The number of hydrogen-bond acceptors (Lipinski definition) is 6. The molecule has 1 fully saturated rings. The summed E-state index contributed by atoms with van der Waals surface area (Å²) >= 11 is 5.90. The molecule has 4 rings (SSSR count). The second-order valence-corrected chi connectivity index (χ2v) is 7.47. The number of amides is 1. The molecule has 7 nitrogen and oxygen atoms in total. The van der Waals surface area contributed by atoms with Crippen LogP contribution in [0.25, 0.3) is 22.8 Å². The van der Waals surface area contributed by atoms with Crippen molar-refractivity contribution in [2.45, 2.75) is 25.4 Å². The summed E-state index contributed by atoms with van der Waals surface area (Å²) in [5.74, 6) is 1.31. The molecule has 2 aromatic carbocycles. The van der Waals surface area contributed by atoms with E-state index in [0.717, 1.165) is 37.0 Å². The average Bonchev–Trinajstić information content (AvgIpc) is 3.28. The van der Waals surface area contributed by atoms with Crippen LogP contribution in [-0.4, -0.2) is 41.9 Å². The van der Waals surface area contributed by atoms with Crippen molar-refractivity contribution >= 4 is 17.5 Å². The summed E-state index contributed by atoms with van der Waals surface area (Å²) in [5, 5.41) is 7.52. The Kier molecular flexibility index (Phi) is 6.61. The molecule has 1 unspecified atom stereocenters. The largest absolute Gasteiger partial charge is 0.484 e. The first-order valence-corrected chi connectivity index (χ1v) is 10.3. The first-order valence-electron chi connectivity index (χ1n) is 9.88. The Hall–Kier alpha value is -2.90.